The number of H-pyrrole nitrogens is 1. The lowest BCUT2D eigenvalue weighted by Crippen LogP contribution is -1.96. The summed E-state index contributed by atoms with van der Waals surface area (Å²) < 4.78 is 0. The van der Waals surface area contributed by atoms with Gasteiger partial charge in [0.05, 0.1) is 0 Å². The molecular weight excluding hydrogens is 332 g/mol. The van der Waals surface area contributed by atoms with Crippen LogP contribution in [0.2, 0.25) is 5.02 Å². The molecule has 0 fully saturated rings. The van der Waals surface area contributed by atoms with E-state index in [0.717, 1.165) is 41.0 Å². The Bertz CT molecular complexity index is 975. The number of hydrogen-bond acceptors (Lipinski definition) is 3. The Kier molecular flexibility index (Phi) is 4.44. The molecule has 1 N–H and O–H groups in total. The molecule has 0 amide bonds. The Balaban J connectivity index is 1.42. The van der Waals surface area contributed by atoms with Crippen LogP contribution < -0.4 is 0 Å². The van der Waals surface area contributed by atoms with Gasteiger partial charge in [-0.25, -0.2) is 9.97 Å². The van der Waals surface area contributed by atoms with Crippen molar-refractivity contribution in [1.82, 2.24) is 19.9 Å². The van der Waals surface area contributed by atoms with E-state index in [1.165, 1.54) is 16.7 Å². The summed E-state index contributed by atoms with van der Waals surface area (Å²) in [6.07, 6.45) is 10.1. The summed E-state index contributed by atoms with van der Waals surface area (Å²) >= 11 is 5.92. The van der Waals surface area contributed by atoms with Crippen LogP contribution in [0.3, 0.4) is 0 Å². The van der Waals surface area contributed by atoms with Crippen LogP contribution in [0.15, 0.2) is 61.3 Å². The van der Waals surface area contributed by atoms with Crippen LogP contribution in [0.1, 0.15) is 22.4 Å². The Morgan fingerprint density at radius 1 is 0.880 bits per heavy atom. The standard InChI is InChI=1S/C20H17ClN4/c21-17-5-1-14(2-6-17)3-7-18-8-4-15(10-23-18)9-16-11-24-20-19(16)12-22-13-25-20/h1-2,4-6,8,10-13H,3,7,9H2,(H,22,24,25). The highest BCUT2D eigenvalue weighted by Gasteiger charge is 2.06. The van der Waals surface area contributed by atoms with E-state index in [1.54, 1.807) is 6.33 Å². The van der Waals surface area contributed by atoms with Gasteiger partial charge in [-0.15, -0.1) is 0 Å². The van der Waals surface area contributed by atoms with E-state index in [4.69, 9.17) is 11.6 Å². The highest BCUT2D eigenvalue weighted by Crippen LogP contribution is 2.18. The second-order valence-electron chi connectivity index (χ2n) is 6.06. The molecule has 25 heavy (non-hydrogen) atoms. The van der Waals surface area contributed by atoms with E-state index in [0.29, 0.717) is 0 Å². The number of halogens is 1. The summed E-state index contributed by atoms with van der Waals surface area (Å²) in [5.74, 6) is 0. The fraction of sp³-hybridized carbons (Fsp3) is 0.150. The maximum absolute atomic E-state index is 5.92. The van der Waals surface area contributed by atoms with Crippen molar-refractivity contribution in [2.45, 2.75) is 19.3 Å². The van der Waals surface area contributed by atoms with Crippen LogP contribution in [0, 0.1) is 0 Å². The zero-order valence-corrected chi connectivity index (χ0v) is 14.4. The highest BCUT2D eigenvalue weighted by atomic mass is 35.5. The summed E-state index contributed by atoms with van der Waals surface area (Å²) in [7, 11) is 0. The zero-order valence-electron chi connectivity index (χ0n) is 13.6. The Labute approximate surface area is 150 Å². The SMILES string of the molecule is Clc1ccc(CCc2ccc(Cc3c[nH]c4ncncc34)cn2)cc1. The second-order valence-corrected chi connectivity index (χ2v) is 6.50. The summed E-state index contributed by atoms with van der Waals surface area (Å²) in [6, 6.07) is 12.2. The van der Waals surface area contributed by atoms with E-state index in [9.17, 15) is 0 Å². The molecule has 0 saturated heterocycles. The van der Waals surface area contributed by atoms with Crippen molar-refractivity contribution in [2.75, 3.05) is 0 Å². The van der Waals surface area contributed by atoms with Crippen LogP contribution in [-0.2, 0) is 19.3 Å². The van der Waals surface area contributed by atoms with Gasteiger partial charge < -0.3 is 4.98 Å². The minimum absolute atomic E-state index is 0.772. The minimum atomic E-state index is 0.772. The fourth-order valence-electron chi connectivity index (χ4n) is 2.91. The van der Waals surface area contributed by atoms with Gasteiger partial charge in [-0.3, -0.25) is 4.98 Å². The average molecular weight is 349 g/mol. The predicted octanol–water partition coefficient (Wildman–Crippen LogP) is 4.38. The number of benzene rings is 1. The number of hydrogen-bond donors (Lipinski definition) is 1. The number of aryl methyl sites for hydroxylation is 2. The maximum Gasteiger partial charge on any atom is 0.140 e. The third-order valence-corrected chi connectivity index (χ3v) is 4.56. The average Bonchev–Trinajstić information content (AvgIpc) is 3.06. The number of fused-ring (bicyclic) bond motifs is 1. The first-order chi connectivity index (χ1) is 12.3. The molecule has 0 aliphatic rings. The van der Waals surface area contributed by atoms with E-state index in [-0.39, 0.29) is 0 Å². The molecule has 0 radical (unpaired) electrons. The van der Waals surface area contributed by atoms with Gasteiger partial charge >= 0.3 is 0 Å². The van der Waals surface area contributed by atoms with Crippen molar-refractivity contribution < 1.29 is 0 Å². The fourth-order valence-corrected chi connectivity index (χ4v) is 3.04. The molecule has 0 atom stereocenters. The predicted molar refractivity (Wildman–Crippen MR) is 99.8 cm³/mol. The van der Waals surface area contributed by atoms with Crippen molar-refractivity contribution in [2.24, 2.45) is 0 Å². The third kappa shape index (κ3) is 3.69. The lowest BCUT2D eigenvalue weighted by atomic mass is 10.1. The first-order valence-corrected chi connectivity index (χ1v) is 8.60. The Morgan fingerprint density at radius 2 is 1.72 bits per heavy atom. The molecule has 4 nitrogen and oxygen atoms in total. The van der Waals surface area contributed by atoms with Gasteiger partial charge in [-0.2, -0.15) is 0 Å². The summed E-state index contributed by atoms with van der Waals surface area (Å²) in [5, 5.41) is 1.84. The Hall–Kier alpha value is -2.72. The van der Waals surface area contributed by atoms with Crippen LogP contribution >= 0.6 is 11.6 Å². The first kappa shape index (κ1) is 15.8. The molecule has 4 rings (SSSR count). The molecular formula is C20H17ClN4. The molecule has 0 unspecified atom stereocenters. The number of nitrogens with zero attached hydrogens (tertiary/aromatic N) is 3. The van der Waals surface area contributed by atoms with Crippen molar-refractivity contribution >= 4 is 22.6 Å². The first-order valence-electron chi connectivity index (χ1n) is 8.22. The number of nitrogens with one attached hydrogen (secondary N) is 1. The lowest BCUT2D eigenvalue weighted by Gasteiger charge is -2.04. The van der Waals surface area contributed by atoms with E-state index in [2.05, 4.69) is 44.2 Å². The van der Waals surface area contributed by atoms with E-state index in [1.807, 2.05) is 30.7 Å². The number of aromatic amines is 1. The van der Waals surface area contributed by atoms with E-state index < -0.39 is 0 Å². The van der Waals surface area contributed by atoms with Crippen molar-refractivity contribution in [3.8, 4) is 0 Å². The molecule has 0 aliphatic heterocycles. The van der Waals surface area contributed by atoms with Crippen molar-refractivity contribution in [3.63, 3.8) is 0 Å². The molecule has 0 spiro atoms. The summed E-state index contributed by atoms with van der Waals surface area (Å²) in [6.45, 7) is 0. The Morgan fingerprint density at radius 3 is 2.52 bits per heavy atom. The second kappa shape index (κ2) is 7.03. The van der Waals surface area contributed by atoms with Gasteiger partial charge in [0.15, 0.2) is 0 Å². The van der Waals surface area contributed by atoms with Crippen LogP contribution in [-0.4, -0.2) is 19.9 Å². The molecule has 124 valence electrons. The smallest absolute Gasteiger partial charge is 0.140 e. The van der Waals surface area contributed by atoms with Gasteiger partial charge in [-0.05, 0) is 47.7 Å². The van der Waals surface area contributed by atoms with Crippen molar-refractivity contribution in [3.05, 3.63) is 88.7 Å². The normalized spacial score (nSPS) is 11.1. The molecule has 0 bridgehead atoms. The van der Waals surface area contributed by atoms with Crippen molar-refractivity contribution in [1.29, 1.82) is 0 Å². The highest BCUT2D eigenvalue weighted by molar-refractivity contribution is 6.30. The molecule has 4 aromatic rings. The number of pyridine rings is 1. The van der Waals surface area contributed by atoms with Crippen LogP contribution in [0.5, 0.6) is 0 Å². The molecule has 0 saturated carbocycles. The summed E-state index contributed by atoms with van der Waals surface area (Å²) in [4.78, 5) is 16.1. The third-order valence-electron chi connectivity index (χ3n) is 4.30. The lowest BCUT2D eigenvalue weighted by molar-refractivity contribution is 0.908. The zero-order chi connectivity index (χ0) is 17.1. The van der Waals surface area contributed by atoms with Gasteiger partial charge in [0.2, 0.25) is 0 Å². The van der Waals surface area contributed by atoms with Gasteiger partial charge in [0.25, 0.3) is 0 Å². The molecule has 1 aromatic carbocycles. The molecule has 0 aliphatic carbocycles. The topological polar surface area (TPSA) is 54.5 Å². The molecule has 3 heterocycles. The number of aromatic nitrogens is 4. The number of rotatable bonds is 5. The van der Waals surface area contributed by atoms with Gasteiger partial charge in [0.1, 0.15) is 12.0 Å². The minimum Gasteiger partial charge on any atom is -0.346 e. The molecule has 5 heteroatoms. The summed E-state index contributed by atoms with van der Waals surface area (Å²) in [5.41, 5.74) is 5.61. The maximum atomic E-state index is 5.92. The van der Waals surface area contributed by atoms with Crippen LogP contribution in [0.4, 0.5) is 0 Å². The largest absolute Gasteiger partial charge is 0.346 e. The van der Waals surface area contributed by atoms with Crippen LogP contribution in [0.25, 0.3) is 11.0 Å². The monoisotopic (exact) mass is 348 g/mol. The quantitative estimate of drug-likeness (QED) is 0.582. The van der Waals surface area contributed by atoms with Gasteiger partial charge in [0, 0.05) is 41.1 Å². The van der Waals surface area contributed by atoms with Gasteiger partial charge in [-0.1, -0.05) is 29.8 Å². The molecule has 3 aromatic heterocycles. The van der Waals surface area contributed by atoms with E-state index >= 15 is 0 Å².